The van der Waals surface area contributed by atoms with Crippen molar-refractivity contribution in [3.63, 3.8) is 0 Å². The van der Waals surface area contributed by atoms with Gasteiger partial charge in [0, 0.05) is 29.7 Å². The van der Waals surface area contributed by atoms with Crippen LogP contribution in [0.5, 0.6) is 0 Å². The Labute approximate surface area is 173 Å². The van der Waals surface area contributed by atoms with Gasteiger partial charge in [0.2, 0.25) is 5.91 Å². The minimum atomic E-state index is -0.685. The number of benzene rings is 1. The predicted octanol–water partition coefficient (Wildman–Crippen LogP) is 2.80. The highest BCUT2D eigenvalue weighted by atomic mass is 35.5. The lowest BCUT2D eigenvalue weighted by molar-refractivity contribution is -0.384. The molecule has 2 fully saturated rings. The van der Waals surface area contributed by atoms with E-state index in [0.717, 1.165) is 11.0 Å². The number of hydrogen-bond acceptors (Lipinski definition) is 7. The summed E-state index contributed by atoms with van der Waals surface area (Å²) in [7, 11) is 0. The maximum Gasteiger partial charge on any atom is 0.294 e. The first-order valence-electron chi connectivity index (χ1n) is 8.03. The van der Waals surface area contributed by atoms with Crippen molar-refractivity contribution >= 4 is 63.8 Å². The van der Waals surface area contributed by atoms with Crippen LogP contribution in [-0.4, -0.2) is 64.6 Å². The van der Waals surface area contributed by atoms with Crippen LogP contribution in [0.15, 0.2) is 17.0 Å². The second-order valence-electron chi connectivity index (χ2n) is 5.81. The molecule has 0 aliphatic carbocycles. The third-order valence-corrected chi connectivity index (χ3v) is 5.74. The molecule has 0 N–H and O–H groups in total. The number of thioether (sulfide) groups is 1. The number of halogens is 2. The molecule has 0 aromatic heterocycles. The molecule has 3 amide bonds. The van der Waals surface area contributed by atoms with Crippen molar-refractivity contribution in [2.45, 2.75) is 0 Å². The molecule has 3 rings (SSSR count). The Morgan fingerprint density at radius 2 is 1.96 bits per heavy atom. The van der Waals surface area contributed by atoms with E-state index < -0.39 is 22.6 Å². The van der Waals surface area contributed by atoms with Crippen molar-refractivity contribution in [2.24, 2.45) is 0 Å². The van der Waals surface area contributed by atoms with Crippen molar-refractivity contribution < 1.29 is 24.0 Å². The Hall–Kier alpha value is -2.14. The lowest BCUT2D eigenvalue weighted by atomic mass is 10.1. The zero-order chi connectivity index (χ0) is 20.4. The van der Waals surface area contributed by atoms with E-state index >= 15 is 0 Å². The van der Waals surface area contributed by atoms with Crippen LogP contribution in [0.1, 0.15) is 5.56 Å². The molecule has 28 heavy (non-hydrogen) atoms. The summed E-state index contributed by atoms with van der Waals surface area (Å²) in [6.07, 6.45) is 1.22. The van der Waals surface area contributed by atoms with Crippen molar-refractivity contribution in [1.29, 1.82) is 0 Å². The van der Waals surface area contributed by atoms with E-state index in [9.17, 15) is 24.5 Å². The van der Waals surface area contributed by atoms with Gasteiger partial charge in [-0.25, -0.2) is 0 Å². The van der Waals surface area contributed by atoms with Crippen LogP contribution >= 0.6 is 35.0 Å². The minimum absolute atomic E-state index is 0.0240. The number of nitrogens with zero attached hydrogens (tertiary/aromatic N) is 3. The summed E-state index contributed by atoms with van der Waals surface area (Å²) in [6, 6.07) is 2.43. The molecular weight excluding hydrogens is 433 g/mol. The standard InChI is InChI=1S/C16H13Cl2N3O6S/c17-10-1-2-11(21(25)26)14(18)9(10)7-12-15(23)20(16(24)28-12)8-13(22)19-3-5-27-6-4-19/h1-2,7H,3-6,8H2/b12-7-. The van der Waals surface area contributed by atoms with E-state index in [-0.39, 0.29) is 32.1 Å². The van der Waals surface area contributed by atoms with Crippen LogP contribution in [0.25, 0.3) is 6.08 Å². The number of hydrogen-bond donors (Lipinski definition) is 0. The average molecular weight is 446 g/mol. The lowest BCUT2D eigenvalue weighted by Crippen LogP contribution is -2.46. The van der Waals surface area contributed by atoms with E-state index in [4.69, 9.17) is 27.9 Å². The normalized spacial score (nSPS) is 18.9. The molecule has 0 bridgehead atoms. The zero-order valence-corrected chi connectivity index (χ0v) is 16.6. The second-order valence-corrected chi connectivity index (χ2v) is 7.59. The van der Waals surface area contributed by atoms with Crippen LogP contribution in [0, 0.1) is 10.1 Å². The van der Waals surface area contributed by atoms with Gasteiger partial charge in [-0.05, 0) is 23.9 Å². The quantitative estimate of drug-likeness (QED) is 0.397. The molecule has 2 aliphatic rings. The van der Waals surface area contributed by atoms with Crippen molar-refractivity contribution in [3.05, 3.63) is 42.8 Å². The highest BCUT2D eigenvalue weighted by Crippen LogP contribution is 2.38. The van der Waals surface area contributed by atoms with Crippen molar-refractivity contribution in [1.82, 2.24) is 9.80 Å². The van der Waals surface area contributed by atoms with Gasteiger partial charge >= 0.3 is 0 Å². The Kier molecular flexibility index (Phi) is 6.23. The number of amides is 3. The van der Waals surface area contributed by atoms with Crippen LogP contribution in [0.4, 0.5) is 10.5 Å². The van der Waals surface area contributed by atoms with Crippen LogP contribution < -0.4 is 0 Å². The maximum atomic E-state index is 12.6. The summed E-state index contributed by atoms with van der Waals surface area (Å²) in [5, 5.41) is 10.3. The largest absolute Gasteiger partial charge is 0.378 e. The molecule has 0 radical (unpaired) electrons. The van der Waals surface area contributed by atoms with Gasteiger partial charge in [0.05, 0.1) is 23.0 Å². The number of nitro benzene ring substituents is 1. The molecule has 2 saturated heterocycles. The van der Waals surface area contributed by atoms with Gasteiger partial charge in [-0.1, -0.05) is 23.2 Å². The van der Waals surface area contributed by atoms with E-state index in [0.29, 0.717) is 38.1 Å². The van der Waals surface area contributed by atoms with Gasteiger partial charge in [-0.3, -0.25) is 29.4 Å². The van der Waals surface area contributed by atoms with Crippen LogP contribution in [-0.2, 0) is 14.3 Å². The average Bonchev–Trinajstić information content (AvgIpc) is 2.92. The second kappa shape index (κ2) is 8.48. The van der Waals surface area contributed by atoms with E-state index in [1.54, 1.807) is 0 Å². The zero-order valence-electron chi connectivity index (χ0n) is 14.2. The fourth-order valence-corrected chi connectivity index (χ4v) is 4.02. The number of rotatable bonds is 4. The molecule has 0 spiro atoms. The summed E-state index contributed by atoms with van der Waals surface area (Å²) in [4.78, 5) is 49.8. The molecule has 2 aliphatic heterocycles. The fourth-order valence-electron chi connectivity index (χ4n) is 2.65. The topological polar surface area (TPSA) is 110 Å². The third kappa shape index (κ3) is 4.14. The number of imide groups is 1. The van der Waals surface area contributed by atoms with Gasteiger partial charge in [0.25, 0.3) is 16.8 Å². The summed E-state index contributed by atoms with van der Waals surface area (Å²) >= 11 is 12.7. The summed E-state index contributed by atoms with van der Waals surface area (Å²) in [6.45, 7) is 1.20. The van der Waals surface area contributed by atoms with Crippen molar-refractivity contribution in [3.8, 4) is 0 Å². The Morgan fingerprint density at radius 1 is 1.29 bits per heavy atom. The summed E-state index contributed by atoms with van der Waals surface area (Å²) in [5.74, 6) is -1.05. The highest BCUT2D eigenvalue weighted by molar-refractivity contribution is 8.18. The van der Waals surface area contributed by atoms with E-state index in [1.165, 1.54) is 17.0 Å². The maximum absolute atomic E-state index is 12.6. The first-order valence-corrected chi connectivity index (χ1v) is 9.60. The molecule has 1 aromatic carbocycles. The summed E-state index contributed by atoms with van der Waals surface area (Å²) < 4.78 is 5.17. The van der Waals surface area contributed by atoms with Gasteiger partial charge in [-0.2, -0.15) is 0 Å². The molecule has 0 unspecified atom stereocenters. The first kappa shape index (κ1) is 20.6. The van der Waals surface area contributed by atoms with Crippen molar-refractivity contribution in [2.75, 3.05) is 32.8 Å². The van der Waals surface area contributed by atoms with Gasteiger partial charge in [-0.15, -0.1) is 0 Å². The monoisotopic (exact) mass is 445 g/mol. The predicted molar refractivity (Wildman–Crippen MR) is 103 cm³/mol. The van der Waals surface area contributed by atoms with Gasteiger partial charge in [0.1, 0.15) is 11.6 Å². The molecule has 148 valence electrons. The summed E-state index contributed by atoms with van der Waals surface area (Å²) in [5.41, 5.74) is -0.318. The van der Waals surface area contributed by atoms with E-state index in [1.807, 2.05) is 0 Å². The van der Waals surface area contributed by atoms with Crippen LogP contribution in [0.2, 0.25) is 10.0 Å². The molecule has 0 saturated carbocycles. The number of morpholine rings is 1. The SMILES string of the molecule is O=C(CN1C(=O)S/C(=C\c2c(Cl)ccc([N+](=O)[O-])c2Cl)C1=O)N1CCOCC1. The molecular formula is C16H13Cl2N3O6S. The Balaban J connectivity index is 1.83. The van der Waals surface area contributed by atoms with Gasteiger partial charge < -0.3 is 9.64 Å². The molecule has 2 heterocycles. The van der Waals surface area contributed by atoms with Crippen LogP contribution in [0.3, 0.4) is 0 Å². The first-order chi connectivity index (χ1) is 13.3. The minimum Gasteiger partial charge on any atom is -0.378 e. The molecule has 12 heteroatoms. The third-order valence-electron chi connectivity index (χ3n) is 4.11. The molecule has 1 aromatic rings. The molecule has 0 atom stereocenters. The number of carbonyl (C=O) groups excluding carboxylic acids is 3. The van der Waals surface area contributed by atoms with Gasteiger partial charge in [0.15, 0.2) is 0 Å². The van der Waals surface area contributed by atoms with E-state index in [2.05, 4.69) is 0 Å². The number of carbonyl (C=O) groups is 3. The highest BCUT2D eigenvalue weighted by Gasteiger charge is 2.37. The lowest BCUT2D eigenvalue weighted by Gasteiger charge is -2.28. The molecule has 9 nitrogen and oxygen atoms in total. The number of ether oxygens (including phenoxy) is 1. The Bertz CT molecular complexity index is 901. The smallest absolute Gasteiger partial charge is 0.294 e. The number of nitro groups is 1. The fraction of sp³-hybridized carbons (Fsp3) is 0.312. The Morgan fingerprint density at radius 3 is 2.61 bits per heavy atom.